The number of rotatable bonds is 6. The number of halogens is 1. The Morgan fingerprint density at radius 1 is 1.08 bits per heavy atom. The molecule has 0 saturated carbocycles. The van der Waals surface area contributed by atoms with Gasteiger partial charge >= 0.3 is 0 Å². The highest BCUT2D eigenvalue weighted by atomic mass is 19.1. The normalized spacial score (nSPS) is 10.5. The highest BCUT2D eigenvalue weighted by molar-refractivity contribution is 5.76. The van der Waals surface area contributed by atoms with Crippen molar-refractivity contribution in [2.24, 2.45) is 0 Å². The fraction of sp³-hybridized carbons (Fsp3) is 0.158. The molecular weight excluding hydrogens is 307 g/mol. The van der Waals surface area contributed by atoms with Gasteiger partial charge in [-0.1, -0.05) is 47.6 Å². The van der Waals surface area contributed by atoms with Crippen LogP contribution in [0.3, 0.4) is 0 Å². The van der Waals surface area contributed by atoms with Crippen molar-refractivity contribution in [3.63, 3.8) is 0 Å². The van der Waals surface area contributed by atoms with Gasteiger partial charge in [-0.15, -0.1) is 0 Å². The zero-order chi connectivity index (χ0) is 16.8. The number of nitrogens with one attached hydrogen (secondary N) is 1. The summed E-state index contributed by atoms with van der Waals surface area (Å²) in [5.41, 5.74) is 2.59. The van der Waals surface area contributed by atoms with E-state index >= 15 is 0 Å². The Labute approximate surface area is 139 Å². The van der Waals surface area contributed by atoms with E-state index in [0.717, 1.165) is 11.1 Å². The molecule has 2 aromatic carbocycles. The van der Waals surface area contributed by atoms with Crippen LogP contribution in [-0.4, -0.2) is 11.1 Å². The van der Waals surface area contributed by atoms with Crippen LogP contribution in [0.25, 0.3) is 11.3 Å². The third-order valence-electron chi connectivity index (χ3n) is 3.73. The highest BCUT2D eigenvalue weighted by Gasteiger charge is 2.14. The van der Waals surface area contributed by atoms with Crippen LogP contribution in [0.2, 0.25) is 0 Å². The monoisotopic (exact) mass is 324 g/mol. The number of aromatic nitrogens is 1. The third-order valence-corrected chi connectivity index (χ3v) is 3.73. The van der Waals surface area contributed by atoms with E-state index in [1.54, 1.807) is 18.2 Å². The van der Waals surface area contributed by atoms with Gasteiger partial charge in [-0.3, -0.25) is 4.79 Å². The molecule has 0 atom stereocenters. The van der Waals surface area contributed by atoms with E-state index in [2.05, 4.69) is 10.5 Å². The van der Waals surface area contributed by atoms with Crippen molar-refractivity contribution in [2.45, 2.75) is 19.4 Å². The predicted octanol–water partition coefficient (Wildman–Crippen LogP) is 3.73. The van der Waals surface area contributed by atoms with Gasteiger partial charge in [0, 0.05) is 24.1 Å². The van der Waals surface area contributed by atoms with Crippen molar-refractivity contribution < 1.29 is 13.7 Å². The lowest BCUT2D eigenvalue weighted by molar-refractivity contribution is -0.121. The van der Waals surface area contributed by atoms with E-state index in [9.17, 15) is 9.18 Å². The molecule has 3 rings (SSSR count). The van der Waals surface area contributed by atoms with Gasteiger partial charge in [0.1, 0.15) is 17.8 Å². The fourth-order valence-electron chi connectivity index (χ4n) is 2.44. The molecule has 0 radical (unpaired) electrons. The molecule has 0 aliphatic carbocycles. The van der Waals surface area contributed by atoms with Gasteiger partial charge in [0.25, 0.3) is 0 Å². The number of aryl methyl sites for hydroxylation is 1. The van der Waals surface area contributed by atoms with E-state index in [-0.39, 0.29) is 18.1 Å². The van der Waals surface area contributed by atoms with E-state index in [0.29, 0.717) is 24.2 Å². The van der Waals surface area contributed by atoms with E-state index < -0.39 is 0 Å². The lowest BCUT2D eigenvalue weighted by atomic mass is 10.0. The Kier molecular flexibility index (Phi) is 5.01. The summed E-state index contributed by atoms with van der Waals surface area (Å²) >= 11 is 0. The van der Waals surface area contributed by atoms with Gasteiger partial charge in [-0.2, -0.15) is 0 Å². The minimum atomic E-state index is -0.360. The second-order valence-corrected chi connectivity index (χ2v) is 5.43. The van der Waals surface area contributed by atoms with Crippen LogP contribution in [0.15, 0.2) is 65.4 Å². The zero-order valence-corrected chi connectivity index (χ0v) is 13.0. The minimum absolute atomic E-state index is 0.0699. The molecule has 1 N–H and O–H groups in total. The summed E-state index contributed by atoms with van der Waals surface area (Å²) in [5, 5.41) is 6.74. The van der Waals surface area contributed by atoms with Crippen LogP contribution in [0.1, 0.15) is 17.5 Å². The summed E-state index contributed by atoms with van der Waals surface area (Å²) in [6.07, 6.45) is 2.19. The Hall–Kier alpha value is -2.95. The SMILES string of the molecule is O=C(CCc1conc1-c1ccccc1F)NCc1ccccc1. The summed E-state index contributed by atoms with van der Waals surface area (Å²) in [6.45, 7) is 0.490. The topological polar surface area (TPSA) is 55.1 Å². The average Bonchev–Trinajstić information content (AvgIpc) is 3.08. The maximum atomic E-state index is 13.9. The molecule has 1 aromatic heterocycles. The highest BCUT2D eigenvalue weighted by Crippen LogP contribution is 2.25. The molecule has 4 nitrogen and oxygen atoms in total. The molecule has 0 aliphatic heterocycles. The number of amides is 1. The fourth-order valence-corrected chi connectivity index (χ4v) is 2.44. The molecule has 122 valence electrons. The van der Waals surface area contributed by atoms with Crippen LogP contribution in [-0.2, 0) is 17.8 Å². The molecule has 3 aromatic rings. The van der Waals surface area contributed by atoms with Crippen molar-refractivity contribution >= 4 is 5.91 Å². The smallest absolute Gasteiger partial charge is 0.220 e. The Morgan fingerprint density at radius 3 is 2.62 bits per heavy atom. The Morgan fingerprint density at radius 2 is 1.83 bits per heavy atom. The van der Waals surface area contributed by atoms with Gasteiger partial charge in [-0.05, 0) is 24.1 Å². The number of hydrogen-bond acceptors (Lipinski definition) is 3. The number of hydrogen-bond donors (Lipinski definition) is 1. The van der Waals surface area contributed by atoms with Gasteiger partial charge < -0.3 is 9.84 Å². The van der Waals surface area contributed by atoms with Crippen LogP contribution < -0.4 is 5.32 Å². The molecule has 24 heavy (non-hydrogen) atoms. The second-order valence-electron chi connectivity index (χ2n) is 5.43. The largest absolute Gasteiger partial charge is 0.364 e. The van der Waals surface area contributed by atoms with Gasteiger partial charge in [0.2, 0.25) is 5.91 Å². The molecule has 0 unspecified atom stereocenters. The average molecular weight is 324 g/mol. The third kappa shape index (κ3) is 3.87. The van der Waals surface area contributed by atoms with Gasteiger partial charge in [0.05, 0.1) is 0 Å². The van der Waals surface area contributed by atoms with Gasteiger partial charge in [-0.25, -0.2) is 4.39 Å². The Bertz CT molecular complexity index is 815. The maximum absolute atomic E-state index is 13.9. The summed E-state index contributed by atoms with van der Waals surface area (Å²) in [5.74, 6) is -0.430. The lowest BCUT2D eigenvalue weighted by Crippen LogP contribution is -2.22. The van der Waals surface area contributed by atoms with Crippen molar-refractivity contribution in [1.29, 1.82) is 0 Å². The van der Waals surface area contributed by atoms with Crippen LogP contribution in [0, 0.1) is 5.82 Å². The molecule has 0 bridgehead atoms. The number of benzene rings is 2. The lowest BCUT2D eigenvalue weighted by Gasteiger charge is -2.05. The first-order chi connectivity index (χ1) is 11.7. The van der Waals surface area contributed by atoms with Gasteiger partial charge in [0.15, 0.2) is 0 Å². The second kappa shape index (κ2) is 7.55. The summed E-state index contributed by atoms with van der Waals surface area (Å²) < 4.78 is 18.8. The molecule has 0 fully saturated rings. The molecule has 5 heteroatoms. The van der Waals surface area contributed by atoms with Crippen LogP contribution >= 0.6 is 0 Å². The molecular formula is C19H17FN2O2. The van der Waals surface area contributed by atoms with Crippen molar-refractivity contribution in [1.82, 2.24) is 10.5 Å². The quantitative estimate of drug-likeness (QED) is 0.751. The number of carbonyl (C=O) groups is 1. The Balaban J connectivity index is 1.59. The van der Waals surface area contributed by atoms with E-state index in [1.807, 2.05) is 30.3 Å². The summed E-state index contributed by atoms with van der Waals surface area (Å²) in [7, 11) is 0. The maximum Gasteiger partial charge on any atom is 0.220 e. The van der Waals surface area contributed by atoms with Crippen molar-refractivity contribution in [2.75, 3.05) is 0 Å². The van der Waals surface area contributed by atoms with Crippen molar-refractivity contribution in [3.05, 3.63) is 77.8 Å². The summed E-state index contributed by atoms with van der Waals surface area (Å²) in [6, 6.07) is 16.1. The molecule has 0 saturated heterocycles. The van der Waals surface area contributed by atoms with Crippen molar-refractivity contribution in [3.8, 4) is 11.3 Å². The van der Waals surface area contributed by atoms with E-state index in [1.165, 1.54) is 12.3 Å². The molecule has 1 amide bonds. The van der Waals surface area contributed by atoms with E-state index in [4.69, 9.17) is 4.52 Å². The first-order valence-corrected chi connectivity index (χ1v) is 7.73. The zero-order valence-electron chi connectivity index (χ0n) is 13.0. The summed E-state index contributed by atoms with van der Waals surface area (Å²) in [4.78, 5) is 12.0. The molecule has 0 spiro atoms. The molecule has 1 heterocycles. The number of nitrogens with zero attached hydrogens (tertiary/aromatic N) is 1. The predicted molar refractivity (Wildman–Crippen MR) is 88.5 cm³/mol. The molecule has 0 aliphatic rings. The minimum Gasteiger partial charge on any atom is -0.364 e. The first kappa shape index (κ1) is 15.9. The van der Waals surface area contributed by atoms with Crippen LogP contribution in [0.4, 0.5) is 4.39 Å². The number of carbonyl (C=O) groups excluding carboxylic acids is 1. The first-order valence-electron chi connectivity index (χ1n) is 7.73. The van der Waals surface area contributed by atoms with Crippen LogP contribution in [0.5, 0.6) is 0 Å². The standard InChI is InChI=1S/C19H17FN2O2/c20-17-9-5-4-8-16(17)19-15(13-24-22-19)10-11-18(23)21-12-14-6-2-1-3-7-14/h1-9,13H,10-12H2,(H,21,23).